The van der Waals surface area contributed by atoms with E-state index in [1.807, 2.05) is 25.3 Å². The van der Waals surface area contributed by atoms with E-state index in [1.165, 1.54) is 5.56 Å². The molecule has 0 aliphatic heterocycles. The summed E-state index contributed by atoms with van der Waals surface area (Å²) in [6.07, 6.45) is 2.88. The highest BCUT2D eigenvalue weighted by atomic mass is 14.9. The summed E-state index contributed by atoms with van der Waals surface area (Å²) in [5, 5.41) is 3.39. The van der Waals surface area contributed by atoms with Gasteiger partial charge in [-0.1, -0.05) is 30.3 Å². The Balaban J connectivity index is 1.85. The Bertz CT molecular complexity index is 437. The van der Waals surface area contributed by atoms with E-state index in [1.54, 1.807) is 0 Å². The SMILES string of the molecule is Cc1cc(NCCc2ccccc2)ccn1. The molecular formula is C14H16N2. The highest BCUT2D eigenvalue weighted by molar-refractivity contribution is 5.43. The van der Waals surface area contributed by atoms with Gasteiger partial charge in [-0.15, -0.1) is 0 Å². The monoisotopic (exact) mass is 212 g/mol. The third kappa shape index (κ3) is 3.09. The molecular weight excluding hydrogens is 196 g/mol. The highest BCUT2D eigenvalue weighted by Crippen LogP contribution is 2.07. The minimum absolute atomic E-state index is 0.952. The first-order valence-corrected chi connectivity index (χ1v) is 5.55. The summed E-state index contributed by atoms with van der Waals surface area (Å²) in [4.78, 5) is 4.17. The van der Waals surface area contributed by atoms with Gasteiger partial charge in [0.15, 0.2) is 0 Å². The van der Waals surface area contributed by atoms with E-state index in [0.29, 0.717) is 0 Å². The van der Waals surface area contributed by atoms with Crippen molar-refractivity contribution >= 4 is 5.69 Å². The van der Waals surface area contributed by atoms with E-state index in [0.717, 1.165) is 24.3 Å². The third-order valence-electron chi connectivity index (χ3n) is 2.48. The molecule has 16 heavy (non-hydrogen) atoms. The maximum atomic E-state index is 4.17. The minimum Gasteiger partial charge on any atom is -0.385 e. The van der Waals surface area contributed by atoms with Crippen LogP contribution in [0, 0.1) is 6.92 Å². The molecule has 1 N–H and O–H groups in total. The van der Waals surface area contributed by atoms with E-state index >= 15 is 0 Å². The van der Waals surface area contributed by atoms with Gasteiger partial charge in [0.2, 0.25) is 0 Å². The van der Waals surface area contributed by atoms with Crippen molar-refractivity contribution < 1.29 is 0 Å². The van der Waals surface area contributed by atoms with Crippen LogP contribution in [0.2, 0.25) is 0 Å². The fourth-order valence-corrected chi connectivity index (χ4v) is 1.65. The Hall–Kier alpha value is -1.83. The Kier molecular flexibility index (Phi) is 3.54. The molecule has 0 aliphatic carbocycles. The van der Waals surface area contributed by atoms with Gasteiger partial charge >= 0.3 is 0 Å². The average molecular weight is 212 g/mol. The first-order chi connectivity index (χ1) is 7.84. The standard InChI is InChI=1S/C14H16N2/c1-12-11-14(8-10-15-12)16-9-7-13-5-3-2-4-6-13/h2-6,8,10-11H,7,9H2,1H3,(H,15,16). The molecule has 2 nitrogen and oxygen atoms in total. The lowest BCUT2D eigenvalue weighted by atomic mass is 10.1. The van der Waals surface area contributed by atoms with Crippen molar-refractivity contribution in [2.24, 2.45) is 0 Å². The number of pyridine rings is 1. The summed E-state index contributed by atoms with van der Waals surface area (Å²) >= 11 is 0. The quantitative estimate of drug-likeness (QED) is 0.842. The van der Waals surface area contributed by atoms with Crippen molar-refractivity contribution in [3.8, 4) is 0 Å². The van der Waals surface area contributed by atoms with Crippen LogP contribution in [0.3, 0.4) is 0 Å². The summed E-state index contributed by atoms with van der Waals surface area (Å²) in [5.41, 5.74) is 3.55. The summed E-state index contributed by atoms with van der Waals surface area (Å²) in [6, 6.07) is 14.6. The van der Waals surface area contributed by atoms with Crippen LogP contribution < -0.4 is 5.32 Å². The molecule has 0 bridgehead atoms. The van der Waals surface area contributed by atoms with Gasteiger partial charge in [0.1, 0.15) is 0 Å². The van der Waals surface area contributed by atoms with Crippen molar-refractivity contribution in [1.29, 1.82) is 0 Å². The summed E-state index contributed by atoms with van der Waals surface area (Å²) in [6.45, 7) is 2.95. The number of hydrogen-bond acceptors (Lipinski definition) is 2. The molecule has 0 atom stereocenters. The molecule has 0 saturated carbocycles. The molecule has 0 unspecified atom stereocenters. The van der Waals surface area contributed by atoms with Gasteiger partial charge in [0.25, 0.3) is 0 Å². The fraction of sp³-hybridized carbons (Fsp3) is 0.214. The van der Waals surface area contributed by atoms with E-state index in [9.17, 15) is 0 Å². The Morgan fingerprint density at radius 2 is 1.94 bits per heavy atom. The van der Waals surface area contributed by atoms with Gasteiger partial charge in [-0.05, 0) is 31.0 Å². The number of anilines is 1. The van der Waals surface area contributed by atoms with Gasteiger partial charge in [0.05, 0.1) is 0 Å². The highest BCUT2D eigenvalue weighted by Gasteiger charge is 1.94. The molecule has 0 radical (unpaired) electrons. The number of aryl methyl sites for hydroxylation is 1. The average Bonchev–Trinajstić information content (AvgIpc) is 2.30. The van der Waals surface area contributed by atoms with Crippen molar-refractivity contribution in [3.63, 3.8) is 0 Å². The zero-order chi connectivity index (χ0) is 11.2. The van der Waals surface area contributed by atoms with Gasteiger partial charge < -0.3 is 5.32 Å². The summed E-state index contributed by atoms with van der Waals surface area (Å²) in [7, 11) is 0. The van der Waals surface area contributed by atoms with Crippen LogP contribution in [0.4, 0.5) is 5.69 Å². The third-order valence-corrected chi connectivity index (χ3v) is 2.48. The fourth-order valence-electron chi connectivity index (χ4n) is 1.65. The lowest BCUT2D eigenvalue weighted by Gasteiger charge is -2.06. The molecule has 2 heteroatoms. The molecule has 1 aromatic carbocycles. The normalized spacial score (nSPS) is 10.1. The van der Waals surface area contributed by atoms with E-state index in [4.69, 9.17) is 0 Å². The number of rotatable bonds is 4. The van der Waals surface area contributed by atoms with Gasteiger partial charge in [-0.3, -0.25) is 4.98 Å². The predicted molar refractivity (Wildman–Crippen MR) is 67.6 cm³/mol. The lowest BCUT2D eigenvalue weighted by molar-refractivity contribution is 1.02. The van der Waals surface area contributed by atoms with E-state index in [-0.39, 0.29) is 0 Å². The molecule has 82 valence electrons. The van der Waals surface area contributed by atoms with E-state index < -0.39 is 0 Å². The van der Waals surface area contributed by atoms with Gasteiger partial charge in [-0.25, -0.2) is 0 Å². The van der Waals surface area contributed by atoms with Crippen LogP contribution in [0.15, 0.2) is 48.7 Å². The van der Waals surface area contributed by atoms with Crippen LogP contribution in [0.1, 0.15) is 11.3 Å². The van der Waals surface area contributed by atoms with Crippen LogP contribution in [-0.4, -0.2) is 11.5 Å². The molecule has 0 fully saturated rings. The van der Waals surface area contributed by atoms with Crippen molar-refractivity contribution in [3.05, 3.63) is 59.9 Å². The molecule has 1 aromatic heterocycles. The van der Waals surface area contributed by atoms with E-state index in [2.05, 4.69) is 40.6 Å². The second-order valence-corrected chi connectivity index (χ2v) is 3.85. The second kappa shape index (κ2) is 5.31. The van der Waals surface area contributed by atoms with Crippen molar-refractivity contribution in [2.45, 2.75) is 13.3 Å². The summed E-state index contributed by atoms with van der Waals surface area (Å²) < 4.78 is 0. The zero-order valence-electron chi connectivity index (χ0n) is 9.48. The number of aromatic nitrogens is 1. The molecule has 2 aromatic rings. The van der Waals surface area contributed by atoms with Gasteiger partial charge in [-0.2, -0.15) is 0 Å². The molecule has 0 spiro atoms. The molecule has 0 aliphatic rings. The molecule has 0 amide bonds. The second-order valence-electron chi connectivity index (χ2n) is 3.85. The molecule has 1 heterocycles. The van der Waals surface area contributed by atoms with Crippen LogP contribution in [-0.2, 0) is 6.42 Å². The number of nitrogens with zero attached hydrogens (tertiary/aromatic N) is 1. The molecule has 2 rings (SSSR count). The minimum atomic E-state index is 0.952. The van der Waals surface area contributed by atoms with Crippen LogP contribution in [0.5, 0.6) is 0 Å². The van der Waals surface area contributed by atoms with Crippen molar-refractivity contribution in [1.82, 2.24) is 4.98 Å². The zero-order valence-corrected chi connectivity index (χ0v) is 9.48. The lowest BCUT2D eigenvalue weighted by Crippen LogP contribution is -2.04. The Labute approximate surface area is 96.4 Å². The maximum absolute atomic E-state index is 4.17. The predicted octanol–water partition coefficient (Wildman–Crippen LogP) is 3.04. The van der Waals surface area contributed by atoms with Crippen LogP contribution >= 0.6 is 0 Å². The number of benzene rings is 1. The van der Waals surface area contributed by atoms with Crippen LogP contribution in [0.25, 0.3) is 0 Å². The summed E-state index contributed by atoms with van der Waals surface area (Å²) in [5.74, 6) is 0. The topological polar surface area (TPSA) is 24.9 Å². The first kappa shape index (κ1) is 10.7. The van der Waals surface area contributed by atoms with Gasteiger partial charge in [0, 0.05) is 24.1 Å². The first-order valence-electron chi connectivity index (χ1n) is 5.55. The maximum Gasteiger partial charge on any atom is 0.0393 e. The number of hydrogen-bond donors (Lipinski definition) is 1. The Morgan fingerprint density at radius 1 is 1.12 bits per heavy atom. The van der Waals surface area contributed by atoms with Crippen molar-refractivity contribution in [2.75, 3.05) is 11.9 Å². The smallest absolute Gasteiger partial charge is 0.0393 e. The number of nitrogens with one attached hydrogen (secondary N) is 1. The Morgan fingerprint density at radius 3 is 2.69 bits per heavy atom. The molecule has 0 saturated heterocycles. The largest absolute Gasteiger partial charge is 0.385 e.